The number of pyridine rings is 1. The molecule has 0 atom stereocenters. The number of hydrogen-bond acceptors (Lipinski definition) is 11. The van der Waals surface area contributed by atoms with E-state index < -0.39 is 34.6 Å². The van der Waals surface area contributed by atoms with Gasteiger partial charge in [0.15, 0.2) is 5.65 Å². The second kappa shape index (κ2) is 15.0. The number of fused-ring (bicyclic) bond motifs is 1. The van der Waals surface area contributed by atoms with Gasteiger partial charge in [0, 0.05) is 41.3 Å². The molecule has 0 radical (unpaired) electrons. The van der Waals surface area contributed by atoms with E-state index in [4.69, 9.17) is 18.9 Å². The first-order valence-electron chi connectivity index (χ1n) is 14.9. The molecule has 16 heteroatoms. The molecule has 0 N–H and O–H groups in total. The fraction of sp³-hybridized carbons (Fsp3) is 0.344. The molecule has 0 saturated heterocycles. The molecular formula is C32H34F2N6O7S. The molecule has 5 aromatic rings. The smallest absolute Gasteiger partial charge is 0.332 e. The van der Waals surface area contributed by atoms with E-state index >= 15 is 0 Å². The Morgan fingerprint density at radius 1 is 0.979 bits per heavy atom. The number of rotatable bonds is 15. The molecule has 0 fully saturated rings. The summed E-state index contributed by atoms with van der Waals surface area (Å²) in [6, 6.07) is 12.9. The SMILES string of the molecule is CC(C)(C)OC(=O)COCCOCCOc1nccc(-c2cn(CC(F)F)nc2-c2cnc3c(ccn3S(=O)(=O)c3ccccc3)c2)n1. The van der Waals surface area contributed by atoms with Crippen LogP contribution in [-0.2, 0) is 35.6 Å². The number of halogens is 2. The van der Waals surface area contributed by atoms with Gasteiger partial charge in [-0.2, -0.15) is 10.1 Å². The summed E-state index contributed by atoms with van der Waals surface area (Å²) in [5, 5.41) is 4.89. The monoisotopic (exact) mass is 684 g/mol. The van der Waals surface area contributed by atoms with Crippen molar-refractivity contribution in [3.63, 3.8) is 0 Å². The summed E-state index contributed by atoms with van der Waals surface area (Å²) in [6.45, 7) is 5.19. The molecule has 0 spiro atoms. The lowest BCUT2D eigenvalue weighted by Gasteiger charge is -2.19. The van der Waals surface area contributed by atoms with E-state index in [2.05, 4.69) is 20.1 Å². The topological polar surface area (TPSA) is 150 Å². The van der Waals surface area contributed by atoms with Gasteiger partial charge in [-0.15, -0.1) is 0 Å². The minimum atomic E-state index is -3.90. The van der Waals surface area contributed by atoms with Crippen molar-refractivity contribution in [3.8, 4) is 28.5 Å². The number of benzene rings is 1. The summed E-state index contributed by atoms with van der Waals surface area (Å²) < 4.78 is 76.9. The highest BCUT2D eigenvalue weighted by Crippen LogP contribution is 2.32. The third kappa shape index (κ3) is 8.76. The van der Waals surface area contributed by atoms with Crippen LogP contribution in [0.25, 0.3) is 33.5 Å². The van der Waals surface area contributed by atoms with Gasteiger partial charge in [-0.05, 0) is 51.1 Å². The summed E-state index contributed by atoms with van der Waals surface area (Å²) >= 11 is 0. The number of nitrogens with zero attached hydrogens (tertiary/aromatic N) is 6. The first kappa shape index (κ1) is 34.5. The van der Waals surface area contributed by atoms with Crippen molar-refractivity contribution in [2.24, 2.45) is 0 Å². The van der Waals surface area contributed by atoms with E-state index in [9.17, 15) is 22.0 Å². The Labute approximate surface area is 275 Å². The van der Waals surface area contributed by atoms with Crippen molar-refractivity contribution < 1.29 is 40.9 Å². The quantitative estimate of drug-likeness (QED) is 0.112. The first-order valence-corrected chi connectivity index (χ1v) is 16.3. The number of carbonyl (C=O) groups is 1. The maximum atomic E-state index is 13.3. The van der Waals surface area contributed by atoms with Crippen molar-refractivity contribution in [1.29, 1.82) is 0 Å². The van der Waals surface area contributed by atoms with Crippen molar-refractivity contribution in [1.82, 2.24) is 28.7 Å². The van der Waals surface area contributed by atoms with Crippen molar-refractivity contribution in [2.75, 3.05) is 33.0 Å². The predicted octanol–water partition coefficient (Wildman–Crippen LogP) is 4.61. The van der Waals surface area contributed by atoms with Gasteiger partial charge in [0.1, 0.15) is 31.1 Å². The zero-order valence-electron chi connectivity index (χ0n) is 26.5. The normalized spacial score (nSPS) is 12.1. The summed E-state index contributed by atoms with van der Waals surface area (Å²) in [7, 11) is -3.90. The van der Waals surface area contributed by atoms with Crippen LogP contribution in [0, 0.1) is 0 Å². The number of alkyl halides is 2. The summed E-state index contributed by atoms with van der Waals surface area (Å²) in [5.74, 6) is -0.462. The molecule has 4 aromatic heterocycles. The molecule has 5 rings (SSSR count). The van der Waals surface area contributed by atoms with Crippen LogP contribution in [0.2, 0.25) is 0 Å². The number of esters is 1. The van der Waals surface area contributed by atoms with Crippen LogP contribution in [0.4, 0.5) is 8.78 Å². The van der Waals surface area contributed by atoms with Crippen LogP contribution in [-0.4, -0.2) is 88.2 Å². The molecule has 0 aliphatic rings. The van der Waals surface area contributed by atoms with Crippen LogP contribution in [0.3, 0.4) is 0 Å². The summed E-state index contributed by atoms with van der Waals surface area (Å²) in [6.07, 6.45) is 3.10. The Balaban J connectivity index is 1.27. The molecule has 0 unspecified atom stereocenters. The zero-order chi connectivity index (χ0) is 34.3. The Kier molecular flexibility index (Phi) is 10.8. The maximum absolute atomic E-state index is 13.3. The molecule has 0 saturated carbocycles. The van der Waals surface area contributed by atoms with E-state index in [-0.39, 0.29) is 49.6 Å². The van der Waals surface area contributed by atoms with Gasteiger partial charge in [0.25, 0.3) is 16.4 Å². The third-order valence-corrected chi connectivity index (χ3v) is 8.21. The fourth-order valence-corrected chi connectivity index (χ4v) is 5.91. The molecule has 13 nitrogen and oxygen atoms in total. The summed E-state index contributed by atoms with van der Waals surface area (Å²) in [4.78, 5) is 24.8. The van der Waals surface area contributed by atoms with Crippen molar-refractivity contribution in [3.05, 3.63) is 73.3 Å². The van der Waals surface area contributed by atoms with Crippen LogP contribution in [0.5, 0.6) is 6.01 Å². The lowest BCUT2D eigenvalue weighted by molar-refractivity contribution is -0.160. The second-order valence-corrected chi connectivity index (χ2v) is 13.2. The predicted molar refractivity (Wildman–Crippen MR) is 170 cm³/mol. The highest BCUT2D eigenvalue weighted by molar-refractivity contribution is 7.90. The molecule has 0 aliphatic heterocycles. The lowest BCUT2D eigenvalue weighted by Crippen LogP contribution is -2.27. The second-order valence-electron chi connectivity index (χ2n) is 11.4. The van der Waals surface area contributed by atoms with Gasteiger partial charge in [-0.25, -0.2) is 35.9 Å². The lowest BCUT2D eigenvalue weighted by atomic mass is 10.1. The minimum absolute atomic E-state index is 0.0293. The van der Waals surface area contributed by atoms with E-state index in [1.165, 1.54) is 36.9 Å². The largest absolute Gasteiger partial charge is 0.461 e. The molecular weight excluding hydrogens is 650 g/mol. The van der Waals surface area contributed by atoms with Crippen LogP contribution >= 0.6 is 0 Å². The average molecular weight is 685 g/mol. The van der Waals surface area contributed by atoms with Gasteiger partial charge in [0.05, 0.1) is 30.4 Å². The van der Waals surface area contributed by atoms with Crippen LogP contribution < -0.4 is 4.74 Å². The van der Waals surface area contributed by atoms with Gasteiger partial charge in [0.2, 0.25) is 0 Å². The van der Waals surface area contributed by atoms with E-state index in [1.54, 1.807) is 57.2 Å². The molecule has 0 bridgehead atoms. The van der Waals surface area contributed by atoms with Gasteiger partial charge < -0.3 is 18.9 Å². The summed E-state index contributed by atoms with van der Waals surface area (Å²) in [5.41, 5.74) is 1.16. The minimum Gasteiger partial charge on any atom is -0.461 e. The highest BCUT2D eigenvalue weighted by atomic mass is 32.2. The van der Waals surface area contributed by atoms with E-state index in [0.717, 1.165) is 8.65 Å². The van der Waals surface area contributed by atoms with Crippen LogP contribution in [0.1, 0.15) is 20.8 Å². The van der Waals surface area contributed by atoms with Gasteiger partial charge >= 0.3 is 12.0 Å². The van der Waals surface area contributed by atoms with E-state index in [0.29, 0.717) is 27.9 Å². The molecule has 48 heavy (non-hydrogen) atoms. The standard InChI is InChI=1S/C32H34F2N6O7S/c1-32(2,3)47-28(41)21-45-14-13-44-15-16-46-31-35-11-9-26(37-31)25-19-39(20-27(33)34)38-29(25)23-17-22-10-12-40(30(22)36-18-23)48(42,43)24-7-5-4-6-8-24/h4-12,17-19,27H,13-16,20-21H2,1-3H3. The highest BCUT2D eigenvalue weighted by Gasteiger charge is 2.22. The first-order chi connectivity index (χ1) is 22.9. The Hall–Kier alpha value is -4.80. The average Bonchev–Trinajstić information content (AvgIpc) is 3.66. The Morgan fingerprint density at radius 2 is 1.73 bits per heavy atom. The molecule has 0 aliphatic carbocycles. The number of carbonyl (C=O) groups excluding carboxylic acids is 1. The third-order valence-electron chi connectivity index (χ3n) is 6.53. The number of ether oxygens (including phenoxy) is 4. The van der Waals surface area contributed by atoms with Gasteiger partial charge in [-0.1, -0.05) is 18.2 Å². The van der Waals surface area contributed by atoms with Crippen molar-refractivity contribution in [2.45, 2.75) is 44.2 Å². The maximum Gasteiger partial charge on any atom is 0.332 e. The fourth-order valence-electron chi connectivity index (χ4n) is 4.59. The molecule has 1 aromatic carbocycles. The molecule has 0 amide bonds. The molecule has 254 valence electrons. The van der Waals surface area contributed by atoms with Gasteiger partial charge in [-0.3, -0.25) is 4.68 Å². The Morgan fingerprint density at radius 3 is 2.48 bits per heavy atom. The molecule has 4 heterocycles. The number of aromatic nitrogens is 6. The Bertz CT molecular complexity index is 1960. The van der Waals surface area contributed by atoms with Crippen molar-refractivity contribution >= 4 is 27.0 Å². The zero-order valence-corrected chi connectivity index (χ0v) is 27.3. The number of hydrogen-bond donors (Lipinski definition) is 0. The van der Waals surface area contributed by atoms with E-state index in [1.807, 2.05) is 0 Å². The van der Waals surface area contributed by atoms with Crippen LogP contribution in [0.15, 0.2) is 78.2 Å².